The lowest BCUT2D eigenvalue weighted by atomic mass is 10.1. The highest BCUT2D eigenvalue weighted by molar-refractivity contribution is 5.71. The van der Waals surface area contributed by atoms with Crippen molar-refractivity contribution in [3.63, 3.8) is 0 Å². The highest BCUT2D eigenvalue weighted by Gasteiger charge is 2.17. The third-order valence-electron chi connectivity index (χ3n) is 8.59. The zero-order valence-corrected chi connectivity index (χ0v) is 37.9. The number of unbranched alkanes of at least 4 members (excludes halogenated alkanes) is 3. The maximum absolute atomic E-state index is 12.7. The molecule has 0 aromatic heterocycles. The van der Waals surface area contributed by atoms with Gasteiger partial charge in [0.25, 0.3) is 0 Å². The summed E-state index contributed by atoms with van der Waals surface area (Å²) in [5, 5.41) is 0. The van der Waals surface area contributed by atoms with Gasteiger partial charge in [-0.25, -0.2) is 0 Å². The van der Waals surface area contributed by atoms with E-state index in [4.69, 9.17) is 14.2 Å². The van der Waals surface area contributed by atoms with Gasteiger partial charge in [0, 0.05) is 6.42 Å². The Labute approximate surface area is 367 Å². The van der Waals surface area contributed by atoms with E-state index in [2.05, 4.69) is 167 Å². The van der Waals surface area contributed by atoms with Crippen molar-refractivity contribution >= 4 is 11.9 Å². The monoisotopic (exact) mass is 823 g/mol. The topological polar surface area (TPSA) is 61.8 Å². The molecular formula is C55H82O5. The molecule has 60 heavy (non-hydrogen) atoms. The van der Waals surface area contributed by atoms with Gasteiger partial charge in [-0.3, -0.25) is 9.59 Å². The fourth-order valence-corrected chi connectivity index (χ4v) is 5.31. The fourth-order valence-electron chi connectivity index (χ4n) is 5.31. The minimum absolute atomic E-state index is 0.0227. The number of esters is 2. The lowest BCUT2D eigenvalue weighted by Crippen LogP contribution is -2.30. The SMILES string of the molecule is CC/C=C\C/C=C\C/C=C\C/C=C\C/C=C\CCOCC(COC(=O)C/C=C\C/C=C\C/C=C\C/C=C\C/C=C\CC)OC(=O)CCCCC/C=C\C/C=C\C/C=C\CC. The summed E-state index contributed by atoms with van der Waals surface area (Å²) >= 11 is 0. The summed E-state index contributed by atoms with van der Waals surface area (Å²) in [4.78, 5) is 25.2. The van der Waals surface area contributed by atoms with Crippen LogP contribution in [-0.2, 0) is 23.8 Å². The Balaban J connectivity index is 4.61. The average Bonchev–Trinajstić information content (AvgIpc) is 3.25. The lowest BCUT2D eigenvalue weighted by Gasteiger charge is -2.18. The van der Waals surface area contributed by atoms with Crippen LogP contribution in [0.2, 0.25) is 0 Å². The van der Waals surface area contributed by atoms with Crippen LogP contribution in [0.4, 0.5) is 0 Å². The summed E-state index contributed by atoms with van der Waals surface area (Å²) in [6, 6.07) is 0. The quantitative estimate of drug-likeness (QED) is 0.0351. The smallest absolute Gasteiger partial charge is 0.309 e. The molecule has 5 heteroatoms. The van der Waals surface area contributed by atoms with Gasteiger partial charge in [0.2, 0.25) is 0 Å². The first-order valence-electron chi connectivity index (χ1n) is 23.0. The summed E-state index contributed by atoms with van der Waals surface area (Å²) in [5.41, 5.74) is 0. The van der Waals surface area contributed by atoms with Gasteiger partial charge in [0.15, 0.2) is 6.10 Å². The summed E-state index contributed by atoms with van der Waals surface area (Å²) in [6.45, 7) is 7.08. The summed E-state index contributed by atoms with van der Waals surface area (Å²) in [7, 11) is 0. The molecular weight excluding hydrogens is 741 g/mol. The van der Waals surface area contributed by atoms with Crippen LogP contribution in [0.1, 0.15) is 149 Å². The van der Waals surface area contributed by atoms with Crippen molar-refractivity contribution < 1.29 is 23.8 Å². The Kier molecular flexibility index (Phi) is 45.2. The van der Waals surface area contributed by atoms with Crippen molar-refractivity contribution in [1.29, 1.82) is 0 Å². The van der Waals surface area contributed by atoms with Gasteiger partial charge >= 0.3 is 11.9 Å². The minimum Gasteiger partial charge on any atom is -0.461 e. The molecule has 0 saturated carbocycles. The van der Waals surface area contributed by atoms with Crippen LogP contribution in [0.25, 0.3) is 0 Å². The third kappa shape index (κ3) is 46.2. The van der Waals surface area contributed by atoms with E-state index in [0.717, 1.165) is 116 Å². The summed E-state index contributed by atoms with van der Waals surface area (Å²) < 4.78 is 17.1. The highest BCUT2D eigenvalue weighted by Crippen LogP contribution is 2.08. The molecule has 0 amide bonds. The van der Waals surface area contributed by atoms with Gasteiger partial charge in [-0.2, -0.15) is 0 Å². The Morgan fingerprint density at radius 3 is 1.17 bits per heavy atom. The number of hydrogen-bond acceptors (Lipinski definition) is 5. The zero-order chi connectivity index (χ0) is 43.5. The van der Waals surface area contributed by atoms with Gasteiger partial charge < -0.3 is 14.2 Å². The normalized spacial score (nSPS) is 13.7. The Morgan fingerprint density at radius 2 is 0.750 bits per heavy atom. The van der Waals surface area contributed by atoms with Gasteiger partial charge in [-0.1, -0.05) is 185 Å². The zero-order valence-electron chi connectivity index (χ0n) is 37.9. The first-order valence-corrected chi connectivity index (χ1v) is 23.0. The molecule has 0 bridgehead atoms. The maximum atomic E-state index is 12.7. The van der Waals surface area contributed by atoms with Crippen LogP contribution < -0.4 is 0 Å². The van der Waals surface area contributed by atoms with Crippen molar-refractivity contribution in [2.24, 2.45) is 0 Å². The number of allylic oxidation sites excluding steroid dienone is 24. The number of ether oxygens (including phenoxy) is 3. The van der Waals surface area contributed by atoms with E-state index in [0.29, 0.717) is 13.0 Å². The van der Waals surface area contributed by atoms with Gasteiger partial charge in [-0.15, -0.1) is 0 Å². The number of hydrogen-bond donors (Lipinski definition) is 0. The lowest BCUT2D eigenvalue weighted by molar-refractivity contribution is -0.162. The second kappa shape index (κ2) is 48.9. The molecule has 0 aliphatic heterocycles. The van der Waals surface area contributed by atoms with E-state index < -0.39 is 6.10 Å². The molecule has 0 heterocycles. The Hall–Kier alpha value is -4.48. The average molecular weight is 823 g/mol. The van der Waals surface area contributed by atoms with E-state index in [-0.39, 0.29) is 31.6 Å². The van der Waals surface area contributed by atoms with Gasteiger partial charge in [0.05, 0.1) is 19.6 Å². The van der Waals surface area contributed by atoms with Crippen molar-refractivity contribution in [3.8, 4) is 0 Å². The van der Waals surface area contributed by atoms with Crippen LogP contribution in [-0.4, -0.2) is 37.9 Å². The minimum atomic E-state index is -0.642. The predicted molar refractivity (Wildman–Crippen MR) is 260 cm³/mol. The molecule has 0 rings (SSSR count). The van der Waals surface area contributed by atoms with E-state index in [1.54, 1.807) is 0 Å². The van der Waals surface area contributed by atoms with Crippen molar-refractivity contribution in [2.75, 3.05) is 19.8 Å². The molecule has 1 unspecified atom stereocenters. The van der Waals surface area contributed by atoms with Crippen LogP contribution in [0.15, 0.2) is 158 Å². The Bertz CT molecular complexity index is 1390. The largest absolute Gasteiger partial charge is 0.461 e. The molecule has 0 radical (unpaired) electrons. The number of carbonyl (C=O) groups is 2. The van der Waals surface area contributed by atoms with Gasteiger partial charge in [-0.05, 0) is 109 Å². The maximum Gasteiger partial charge on any atom is 0.309 e. The van der Waals surface area contributed by atoms with Crippen LogP contribution in [0.3, 0.4) is 0 Å². The highest BCUT2D eigenvalue weighted by atomic mass is 16.6. The number of carbonyl (C=O) groups excluding carboxylic acids is 2. The molecule has 0 aromatic carbocycles. The molecule has 0 aliphatic rings. The molecule has 0 spiro atoms. The van der Waals surface area contributed by atoms with Crippen molar-refractivity contribution in [1.82, 2.24) is 0 Å². The molecule has 1 atom stereocenters. The summed E-state index contributed by atoms with van der Waals surface area (Å²) in [6.07, 6.45) is 72.9. The van der Waals surface area contributed by atoms with E-state index in [1.165, 1.54) is 0 Å². The van der Waals surface area contributed by atoms with Crippen molar-refractivity contribution in [3.05, 3.63) is 158 Å². The molecule has 0 aliphatic carbocycles. The van der Waals surface area contributed by atoms with E-state index in [9.17, 15) is 9.59 Å². The predicted octanol–water partition coefficient (Wildman–Crippen LogP) is 15.6. The molecule has 0 saturated heterocycles. The van der Waals surface area contributed by atoms with Crippen LogP contribution in [0, 0.1) is 0 Å². The van der Waals surface area contributed by atoms with E-state index in [1.807, 2.05) is 12.2 Å². The molecule has 5 nitrogen and oxygen atoms in total. The first-order chi connectivity index (χ1) is 29.6. The van der Waals surface area contributed by atoms with Gasteiger partial charge in [0.1, 0.15) is 6.61 Å². The second-order valence-electron chi connectivity index (χ2n) is 14.2. The Morgan fingerprint density at radius 1 is 0.383 bits per heavy atom. The number of rotatable bonds is 39. The van der Waals surface area contributed by atoms with Crippen molar-refractivity contribution in [2.45, 2.75) is 155 Å². The van der Waals surface area contributed by atoms with Crippen LogP contribution >= 0.6 is 0 Å². The molecule has 332 valence electrons. The van der Waals surface area contributed by atoms with E-state index >= 15 is 0 Å². The third-order valence-corrected chi connectivity index (χ3v) is 8.59. The molecule has 0 aromatic rings. The fraction of sp³-hybridized carbons (Fsp3) is 0.491. The van der Waals surface area contributed by atoms with Crippen LogP contribution in [0.5, 0.6) is 0 Å². The second-order valence-corrected chi connectivity index (χ2v) is 14.2. The standard InChI is InChI=1S/C55H82O5/c1-4-7-10-13-16-19-22-25-27-29-32-35-38-41-44-47-50-58-51-53(60-55(57)49-46-43-40-37-34-30-24-21-18-15-12-9-6-3)52-59-54(56)48-45-42-39-36-33-31-28-26-23-20-17-14-11-8-5-2/h7-12,16-21,25-28,30,32-36,41-42,44-45,53H,4-6,13-15,22-24,29,31,37-40,43,46-52H2,1-3H3/b10-7-,11-8-,12-9-,19-16-,20-17-,21-18-,27-25-,28-26-,34-30-,35-32-,36-33-,44-41-,45-42-. The summed E-state index contributed by atoms with van der Waals surface area (Å²) in [5.74, 6) is -0.638. The first kappa shape index (κ1) is 55.5. The molecule has 0 N–H and O–H groups in total. The molecule has 0 fully saturated rings.